The Labute approximate surface area is 208 Å². The topological polar surface area (TPSA) is 142 Å². The van der Waals surface area contributed by atoms with Crippen molar-refractivity contribution in [3.8, 4) is 22.9 Å². The van der Waals surface area contributed by atoms with Gasteiger partial charge in [-0.3, -0.25) is 4.79 Å². The number of amides is 1. The molecule has 0 radical (unpaired) electrons. The Balaban J connectivity index is 1.48. The van der Waals surface area contributed by atoms with Crippen LogP contribution in [0.1, 0.15) is 24.1 Å². The van der Waals surface area contributed by atoms with Crippen LogP contribution in [-0.4, -0.2) is 65.9 Å². The second kappa shape index (κ2) is 9.90. The molecule has 0 saturated carbocycles. The number of nitrogens with two attached hydrogens (primary N) is 1. The maximum atomic E-state index is 12.0. The third-order valence-corrected chi connectivity index (χ3v) is 6.54. The van der Waals surface area contributed by atoms with Gasteiger partial charge < -0.3 is 40.0 Å². The van der Waals surface area contributed by atoms with Gasteiger partial charge in [-0.05, 0) is 25.8 Å². The first-order chi connectivity index (χ1) is 17.5. The van der Waals surface area contributed by atoms with E-state index < -0.39 is 6.04 Å². The number of carbonyl (C=O) groups excluding carboxylic acids is 1. The maximum absolute atomic E-state index is 12.0. The minimum Gasteiger partial charge on any atom is -0.493 e. The van der Waals surface area contributed by atoms with Crippen LogP contribution in [0.4, 0.5) is 17.6 Å². The summed E-state index contributed by atoms with van der Waals surface area (Å²) >= 11 is 0. The van der Waals surface area contributed by atoms with Crippen molar-refractivity contribution in [2.45, 2.75) is 31.8 Å². The highest BCUT2D eigenvalue weighted by atomic mass is 16.5. The molecule has 12 nitrogen and oxygen atoms in total. The van der Waals surface area contributed by atoms with E-state index in [4.69, 9.17) is 29.9 Å². The first-order valence-electron chi connectivity index (χ1n) is 11.8. The highest BCUT2D eigenvalue weighted by Gasteiger charge is 2.32. The minimum atomic E-state index is -0.397. The van der Waals surface area contributed by atoms with E-state index in [9.17, 15) is 4.79 Å². The number of primary amides is 1. The molecule has 1 amide bonds. The molecule has 2 aliphatic rings. The Bertz CT molecular complexity index is 1250. The number of imidazole rings is 1. The third kappa shape index (κ3) is 4.35. The highest BCUT2D eigenvalue weighted by molar-refractivity contribution is 5.83. The standard InChI is InChI=1S/C24H30N8O4/c1-34-18-9-14(10-19(35-2)21(18)36-3)31-12-20(27-13-31)29-23-15-6-7-26-11-16(15)28-24(30-23)32-8-4-5-17(32)22(25)33/h9-10,12-13,17,26H,4-8,11H2,1-3H3,(H2,25,33)(H,28,29,30)/t17-/m0/s1. The zero-order valence-electron chi connectivity index (χ0n) is 20.6. The van der Waals surface area contributed by atoms with Crippen LogP contribution in [0.25, 0.3) is 5.69 Å². The van der Waals surface area contributed by atoms with Crippen LogP contribution in [0, 0.1) is 0 Å². The number of benzene rings is 1. The Hall–Kier alpha value is -4.06. The predicted molar refractivity (Wildman–Crippen MR) is 134 cm³/mol. The summed E-state index contributed by atoms with van der Waals surface area (Å²) in [7, 11) is 4.73. The molecule has 4 N–H and O–H groups in total. The van der Waals surface area contributed by atoms with E-state index in [0.29, 0.717) is 54.3 Å². The van der Waals surface area contributed by atoms with Gasteiger partial charge in [0.05, 0.1) is 38.9 Å². The summed E-state index contributed by atoms with van der Waals surface area (Å²) in [6.07, 6.45) is 5.91. The number of hydrogen-bond acceptors (Lipinski definition) is 10. The molecule has 1 aromatic carbocycles. The molecule has 1 saturated heterocycles. The number of rotatable bonds is 8. The predicted octanol–water partition coefficient (Wildman–Crippen LogP) is 1.53. The van der Waals surface area contributed by atoms with E-state index in [1.807, 2.05) is 27.8 Å². The van der Waals surface area contributed by atoms with Crippen LogP contribution in [-0.2, 0) is 17.8 Å². The monoisotopic (exact) mass is 494 g/mol. The largest absolute Gasteiger partial charge is 0.493 e. The molecule has 0 spiro atoms. The van der Waals surface area contributed by atoms with Crippen LogP contribution < -0.4 is 35.5 Å². The molecule has 36 heavy (non-hydrogen) atoms. The molecule has 190 valence electrons. The third-order valence-electron chi connectivity index (χ3n) is 6.54. The molecule has 12 heteroatoms. The van der Waals surface area contributed by atoms with Gasteiger partial charge >= 0.3 is 0 Å². The molecule has 2 aliphatic heterocycles. The van der Waals surface area contributed by atoms with Gasteiger partial charge in [0, 0.05) is 30.8 Å². The van der Waals surface area contributed by atoms with Crippen molar-refractivity contribution in [3.05, 3.63) is 35.9 Å². The lowest BCUT2D eigenvalue weighted by molar-refractivity contribution is -0.119. The fourth-order valence-corrected chi connectivity index (χ4v) is 4.75. The smallest absolute Gasteiger partial charge is 0.240 e. The maximum Gasteiger partial charge on any atom is 0.240 e. The fourth-order valence-electron chi connectivity index (χ4n) is 4.75. The number of aromatic nitrogens is 4. The van der Waals surface area contributed by atoms with Crippen molar-refractivity contribution in [2.75, 3.05) is 44.6 Å². The van der Waals surface area contributed by atoms with Crippen molar-refractivity contribution >= 4 is 23.5 Å². The Morgan fingerprint density at radius 2 is 1.94 bits per heavy atom. The average Bonchev–Trinajstić information content (AvgIpc) is 3.58. The Morgan fingerprint density at radius 1 is 1.17 bits per heavy atom. The molecular formula is C24H30N8O4. The van der Waals surface area contributed by atoms with E-state index in [0.717, 1.165) is 36.3 Å². The van der Waals surface area contributed by atoms with Crippen molar-refractivity contribution in [1.82, 2.24) is 24.8 Å². The summed E-state index contributed by atoms with van der Waals surface area (Å²) in [5, 5.41) is 6.73. The highest BCUT2D eigenvalue weighted by Crippen LogP contribution is 2.39. The van der Waals surface area contributed by atoms with Gasteiger partial charge in [0.25, 0.3) is 0 Å². The molecule has 1 atom stereocenters. The van der Waals surface area contributed by atoms with Crippen molar-refractivity contribution < 1.29 is 19.0 Å². The van der Waals surface area contributed by atoms with Crippen molar-refractivity contribution in [3.63, 3.8) is 0 Å². The molecule has 3 aromatic rings. The van der Waals surface area contributed by atoms with Crippen LogP contribution in [0.15, 0.2) is 24.7 Å². The van der Waals surface area contributed by atoms with E-state index in [1.165, 1.54) is 0 Å². The summed E-state index contributed by atoms with van der Waals surface area (Å²) in [6.45, 7) is 2.15. The quantitative estimate of drug-likeness (QED) is 0.422. The number of nitrogens with zero attached hydrogens (tertiary/aromatic N) is 5. The van der Waals surface area contributed by atoms with E-state index in [2.05, 4.69) is 15.6 Å². The van der Waals surface area contributed by atoms with E-state index >= 15 is 0 Å². The molecule has 0 unspecified atom stereocenters. The summed E-state index contributed by atoms with van der Waals surface area (Å²) in [5.74, 6) is 3.06. The number of nitrogens with one attached hydrogen (secondary N) is 2. The van der Waals surface area contributed by atoms with Crippen molar-refractivity contribution in [1.29, 1.82) is 0 Å². The minimum absolute atomic E-state index is 0.356. The lowest BCUT2D eigenvalue weighted by Gasteiger charge is -2.26. The van der Waals surface area contributed by atoms with Gasteiger partial charge in [-0.15, -0.1) is 0 Å². The number of anilines is 3. The SMILES string of the molecule is COc1cc(-n2cnc(Nc3nc(N4CCC[C@H]4C(N)=O)nc4c3CCNC4)c2)cc(OC)c1OC. The number of methoxy groups -OCH3 is 3. The van der Waals surface area contributed by atoms with Gasteiger partial charge in [-0.2, -0.15) is 4.98 Å². The van der Waals surface area contributed by atoms with Gasteiger partial charge in [-0.25, -0.2) is 9.97 Å². The summed E-state index contributed by atoms with van der Waals surface area (Å²) in [6, 6.07) is 3.30. The molecule has 0 aliphatic carbocycles. The number of ether oxygens (including phenoxy) is 3. The second-order valence-electron chi connectivity index (χ2n) is 8.65. The second-order valence-corrected chi connectivity index (χ2v) is 8.65. The molecule has 4 heterocycles. The van der Waals surface area contributed by atoms with Gasteiger partial charge in [0.15, 0.2) is 11.5 Å². The average molecular weight is 495 g/mol. The zero-order chi connectivity index (χ0) is 25.2. The number of carbonyl (C=O) groups is 1. The molecule has 2 aromatic heterocycles. The van der Waals surface area contributed by atoms with Crippen LogP contribution in [0.3, 0.4) is 0 Å². The summed E-state index contributed by atoms with van der Waals surface area (Å²) in [4.78, 5) is 28.0. The zero-order valence-corrected chi connectivity index (χ0v) is 20.6. The van der Waals surface area contributed by atoms with Gasteiger partial charge in [-0.1, -0.05) is 0 Å². The molecule has 0 bridgehead atoms. The number of fused-ring (bicyclic) bond motifs is 1. The first-order valence-corrected chi connectivity index (χ1v) is 11.8. The van der Waals surface area contributed by atoms with Crippen LogP contribution in [0.2, 0.25) is 0 Å². The normalized spacial score (nSPS) is 17.0. The summed E-state index contributed by atoms with van der Waals surface area (Å²) < 4.78 is 18.2. The lowest BCUT2D eigenvalue weighted by atomic mass is 10.1. The molecule has 5 rings (SSSR count). The van der Waals surface area contributed by atoms with Crippen LogP contribution in [0.5, 0.6) is 17.2 Å². The van der Waals surface area contributed by atoms with Crippen LogP contribution >= 0.6 is 0 Å². The molecular weight excluding hydrogens is 464 g/mol. The van der Waals surface area contributed by atoms with Gasteiger partial charge in [0.1, 0.15) is 24.0 Å². The van der Waals surface area contributed by atoms with E-state index in [1.54, 1.807) is 27.7 Å². The fraction of sp³-hybridized carbons (Fsp3) is 0.417. The first kappa shape index (κ1) is 23.7. The Kier molecular flexibility index (Phi) is 6.51. The molecule has 1 fully saturated rings. The lowest BCUT2D eigenvalue weighted by Crippen LogP contribution is -2.41. The summed E-state index contributed by atoms with van der Waals surface area (Å²) in [5.41, 5.74) is 8.38. The van der Waals surface area contributed by atoms with E-state index in [-0.39, 0.29) is 5.91 Å². The van der Waals surface area contributed by atoms with Gasteiger partial charge in [0.2, 0.25) is 17.6 Å². The van der Waals surface area contributed by atoms with Crippen molar-refractivity contribution in [2.24, 2.45) is 5.73 Å². The number of hydrogen-bond donors (Lipinski definition) is 3. The Morgan fingerprint density at radius 3 is 2.64 bits per heavy atom.